The normalized spacial score (nSPS) is 12.9. The number of ether oxygens (including phenoxy) is 1. The fourth-order valence-corrected chi connectivity index (χ4v) is 3.85. The van der Waals surface area contributed by atoms with Crippen LogP contribution in [-0.4, -0.2) is 28.1 Å². The van der Waals surface area contributed by atoms with Gasteiger partial charge in [-0.05, 0) is 78.4 Å². The van der Waals surface area contributed by atoms with Crippen molar-refractivity contribution >= 4 is 16.6 Å². The number of para-hydroxylation sites is 1. The van der Waals surface area contributed by atoms with Gasteiger partial charge >= 0.3 is 0 Å². The highest BCUT2D eigenvalue weighted by atomic mass is 19.1. The van der Waals surface area contributed by atoms with Crippen molar-refractivity contribution in [2.75, 3.05) is 18.5 Å². The molecular formula is C28H23F2N3O2. The maximum atomic E-state index is 14.1. The molecule has 0 aliphatic rings. The first kappa shape index (κ1) is 22.6. The summed E-state index contributed by atoms with van der Waals surface area (Å²) in [5, 5.41) is 19.3. The molecule has 176 valence electrons. The second kappa shape index (κ2) is 9.56. The topological polar surface area (TPSA) is 59.3 Å². The van der Waals surface area contributed by atoms with Crippen molar-refractivity contribution in [3.8, 4) is 17.2 Å². The van der Waals surface area contributed by atoms with E-state index >= 15 is 0 Å². The van der Waals surface area contributed by atoms with E-state index in [1.165, 1.54) is 12.1 Å². The Labute approximate surface area is 201 Å². The molecule has 0 spiro atoms. The van der Waals surface area contributed by atoms with Gasteiger partial charge < -0.3 is 15.2 Å². The number of benzene rings is 4. The molecule has 0 amide bonds. The first-order valence-electron chi connectivity index (χ1n) is 11.1. The summed E-state index contributed by atoms with van der Waals surface area (Å²) in [5.74, 6) is 1.08. The number of hydrogen-bond acceptors (Lipinski definition) is 4. The van der Waals surface area contributed by atoms with Crippen molar-refractivity contribution in [3.05, 3.63) is 115 Å². The molecular weight excluding hydrogens is 448 g/mol. The second-order valence-corrected chi connectivity index (χ2v) is 8.26. The minimum Gasteiger partial charge on any atom is -0.457 e. The van der Waals surface area contributed by atoms with Crippen LogP contribution >= 0.6 is 0 Å². The van der Waals surface area contributed by atoms with Crippen molar-refractivity contribution in [2.24, 2.45) is 0 Å². The van der Waals surface area contributed by atoms with Gasteiger partial charge in [0.15, 0.2) is 0 Å². The average molecular weight is 472 g/mol. The first-order valence-corrected chi connectivity index (χ1v) is 11.1. The summed E-state index contributed by atoms with van der Waals surface area (Å²) in [6, 6.07) is 27.9. The number of nitrogens with one attached hydrogen (secondary N) is 1. The van der Waals surface area contributed by atoms with E-state index in [4.69, 9.17) is 4.74 Å². The summed E-state index contributed by atoms with van der Waals surface area (Å²) >= 11 is 0. The number of aliphatic hydroxyl groups is 1. The van der Waals surface area contributed by atoms with Crippen LogP contribution in [0.2, 0.25) is 0 Å². The lowest BCUT2D eigenvalue weighted by Crippen LogP contribution is -2.36. The number of rotatable bonds is 8. The van der Waals surface area contributed by atoms with Gasteiger partial charge in [0.2, 0.25) is 0 Å². The number of hydrogen-bond donors (Lipinski definition) is 2. The van der Waals surface area contributed by atoms with Crippen LogP contribution in [0.5, 0.6) is 11.5 Å². The van der Waals surface area contributed by atoms with E-state index < -0.39 is 12.3 Å². The van der Waals surface area contributed by atoms with Crippen LogP contribution in [0.4, 0.5) is 14.5 Å². The maximum Gasteiger partial charge on any atom is 0.135 e. The van der Waals surface area contributed by atoms with Crippen LogP contribution in [-0.2, 0) is 5.60 Å². The van der Waals surface area contributed by atoms with Gasteiger partial charge in [-0.25, -0.2) is 13.5 Å². The summed E-state index contributed by atoms with van der Waals surface area (Å²) < 4.78 is 34.8. The molecule has 7 heteroatoms. The molecule has 35 heavy (non-hydrogen) atoms. The Bertz CT molecular complexity index is 1420. The Morgan fingerprint density at radius 1 is 0.886 bits per heavy atom. The summed E-state index contributed by atoms with van der Waals surface area (Å²) in [6.45, 7) is -0.993. The fourth-order valence-electron chi connectivity index (χ4n) is 3.85. The number of alkyl halides is 1. The van der Waals surface area contributed by atoms with Crippen molar-refractivity contribution in [1.29, 1.82) is 0 Å². The summed E-state index contributed by atoms with van der Waals surface area (Å²) in [4.78, 5) is 0. The third-order valence-electron chi connectivity index (χ3n) is 5.82. The van der Waals surface area contributed by atoms with Crippen molar-refractivity contribution in [1.82, 2.24) is 9.78 Å². The molecule has 4 aromatic carbocycles. The molecule has 1 unspecified atom stereocenters. The highest BCUT2D eigenvalue weighted by Gasteiger charge is 2.30. The molecule has 1 aromatic heterocycles. The predicted molar refractivity (Wildman–Crippen MR) is 132 cm³/mol. The van der Waals surface area contributed by atoms with Crippen molar-refractivity contribution < 1.29 is 18.6 Å². The smallest absolute Gasteiger partial charge is 0.135 e. The van der Waals surface area contributed by atoms with Gasteiger partial charge in [0, 0.05) is 11.1 Å². The average Bonchev–Trinajstić information content (AvgIpc) is 3.32. The fraction of sp³-hybridized carbons (Fsp3) is 0.107. The van der Waals surface area contributed by atoms with Crippen LogP contribution in [0.15, 0.2) is 103 Å². The lowest BCUT2D eigenvalue weighted by molar-refractivity contribution is 0.0241. The Morgan fingerprint density at radius 2 is 1.60 bits per heavy atom. The molecule has 0 bridgehead atoms. The first-order chi connectivity index (χ1) is 17.0. The molecule has 1 heterocycles. The van der Waals surface area contributed by atoms with Crippen LogP contribution < -0.4 is 10.1 Å². The summed E-state index contributed by atoms with van der Waals surface area (Å²) in [6.07, 6.45) is 1.64. The largest absolute Gasteiger partial charge is 0.457 e. The van der Waals surface area contributed by atoms with Gasteiger partial charge in [-0.2, -0.15) is 5.10 Å². The molecule has 5 rings (SSSR count). The van der Waals surface area contributed by atoms with Gasteiger partial charge in [-0.3, -0.25) is 0 Å². The van der Waals surface area contributed by atoms with E-state index in [0.29, 0.717) is 17.0 Å². The van der Waals surface area contributed by atoms with E-state index in [1.807, 2.05) is 42.5 Å². The Morgan fingerprint density at radius 3 is 2.31 bits per heavy atom. The number of aromatic nitrogens is 2. The monoisotopic (exact) mass is 471 g/mol. The standard InChI is InChI=1S/C28H23F2N3O2/c29-18-28(34,19-31-23-9-13-26(14-10-23)35-25-4-2-1-3-5-25)21-6-15-27-20(16-21)17-32-33(27)24-11-7-22(30)8-12-24/h1-17,31,34H,18-19H2. The maximum absolute atomic E-state index is 14.1. The Hall–Kier alpha value is -4.23. The zero-order valence-electron chi connectivity index (χ0n) is 18.7. The van der Waals surface area contributed by atoms with Gasteiger partial charge in [-0.1, -0.05) is 24.3 Å². The molecule has 2 N–H and O–H groups in total. The van der Waals surface area contributed by atoms with E-state index in [9.17, 15) is 13.9 Å². The Kier molecular flexibility index (Phi) is 6.16. The molecule has 0 saturated carbocycles. The van der Waals surface area contributed by atoms with Crippen molar-refractivity contribution in [2.45, 2.75) is 5.60 Å². The van der Waals surface area contributed by atoms with Gasteiger partial charge in [0.1, 0.15) is 29.6 Å². The molecule has 0 aliphatic carbocycles. The predicted octanol–water partition coefficient (Wildman–Crippen LogP) is 6.23. The third kappa shape index (κ3) is 4.85. The molecule has 0 aliphatic heterocycles. The van der Waals surface area contributed by atoms with Crippen LogP contribution in [0, 0.1) is 5.82 Å². The number of fused-ring (bicyclic) bond motifs is 1. The van der Waals surface area contributed by atoms with Gasteiger partial charge in [0.05, 0.1) is 23.9 Å². The number of anilines is 1. The van der Waals surface area contributed by atoms with Crippen LogP contribution in [0.25, 0.3) is 16.6 Å². The van der Waals surface area contributed by atoms with Gasteiger partial charge in [-0.15, -0.1) is 0 Å². The minimum absolute atomic E-state index is 0.0278. The number of nitrogens with zero attached hydrogens (tertiary/aromatic N) is 2. The molecule has 5 aromatic rings. The third-order valence-corrected chi connectivity index (χ3v) is 5.82. The molecule has 1 atom stereocenters. The quantitative estimate of drug-likeness (QED) is 0.282. The summed E-state index contributed by atoms with van der Waals surface area (Å²) in [7, 11) is 0. The molecule has 0 saturated heterocycles. The summed E-state index contributed by atoms with van der Waals surface area (Å²) in [5.41, 5.74) is 0.899. The second-order valence-electron chi connectivity index (χ2n) is 8.26. The van der Waals surface area contributed by atoms with E-state index in [1.54, 1.807) is 53.3 Å². The van der Waals surface area contributed by atoms with Gasteiger partial charge in [0.25, 0.3) is 0 Å². The zero-order valence-corrected chi connectivity index (χ0v) is 18.7. The van der Waals surface area contributed by atoms with E-state index in [-0.39, 0.29) is 12.4 Å². The Balaban J connectivity index is 1.31. The highest BCUT2D eigenvalue weighted by molar-refractivity contribution is 5.81. The number of halogens is 2. The van der Waals surface area contributed by atoms with Crippen LogP contribution in [0.1, 0.15) is 5.56 Å². The molecule has 5 nitrogen and oxygen atoms in total. The van der Waals surface area contributed by atoms with E-state index in [0.717, 1.165) is 22.3 Å². The zero-order chi connectivity index (χ0) is 24.3. The highest BCUT2D eigenvalue weighted by Crippen LogP contribution is 2.29. The van der Waals surface area contributed by atoms with Crippen LogP contribution in [0.3, 0.4) is 0 Å². The molecule has 0 fully saturated rings. The lowest BCUT2D eigenvalue weighted by Gasteiger charge is -2.26. The molecule has 0 radical (unpaired) electrons. The SMILES string of the molecule is OC(CF)(CNc1ccc(Oc2ccccc2)cc1)c1ccc2c(cnn2-c2ccc(F)cc2)c1. The minimum atomic E-state index is -1.73. The van der Waals surface area contributed by atoms with E-state index in [2.05, 4.69) is 10.4 Å². The van der Waals surface area contributed by atoms with Crippen molar-refractivity contribution in [3.63, 3.8) is 0 Å². The lowest BCUT2D eigenvalue weighted by atomic mass is 9.94.